The molecule has 3 rings (SSSR count). The second-order valence-corrected chi connectivity index (χ2v) is 11.2. The Morgan fingerprint density at radius 1 is 1.19 bits per heavy atom. The third-order valence-electron chi connectivity index (χ3n) is 4.97. The van der Waals surface area contributed by atoms with Crippen molar-refractivity contribution in [1.82, 2.24) is 9.62 Å². The fraction of sp³-hybridized carbons (Fsp3) is 0.333. The molecular formula is C21H24ClN3O4S2. The first-order valence-electron chi connectivity index (χ1n) is 9.61. The zero-order valence-corrected chi connectivity index (χ0v) is 19.9. The lowest BCUT2D eigenvalue weighted by molar-refractivity contribution is -0.124. The van der Waals surface area contributed by atoms with Crippen LogP contribution < -0.4 is 10.2 Å². The van der Waals surface area contributed by atoms with Crippen LogP contribution in [0.3, 0.4) is 0 Å². The Balaban J connectivity index is 1.63. The van der Waals surface area contributed by atoms with Gasteiger partial charge in [0.25, 0.3) is 0 Å². The summed E-state index contributed by atoms with van der Waals surface area (Å²) in [6.07, 6.45) is 0.714. The highest BCUT2D eigenvalue weighted by atomic mass is 35.5. The summed E-state index contributed by atoms with van der Waals surface area (Å²) in [6.45, 7) is 0.463. The molecule has 0 aromatic heterocycles. The van der Waals surface area contributed by atoms with Crippen LogP contribution in [0.1, 0.15) is 12.0 Å². The molecule has 2 aromatic rings. The van der Waals surface area contributed by atoms with Crippen molar-refractivity contribution in [3.8, 4) is 0 Å². The second-order valence-electron chi connectivity index (χ2n) is 7.35. The van der Waals surface area contributed by atoms with E-state index in [9.17, 15) is 18.0 Å². The van der Waals surface area contributed by atoms with Crippen LogP contribution in [0.15, 0.2) is 52.3 Å². The number of hydrogen-bond donors (Lipinski definition) is 1. The summed E-state index contributed by atoms with van der Waals surface area (Å²) < 4.78 is 25.9. The van der Waals surface area contributed by atoms with Gasteiger partial charge in [0.05, 0.1) is 15.8 Å². The fourth-order valence-electron chi connectivity index (χ4n) is 3.14. The average molecular weight is 482 g/mol. The first-order valence-corrected chi connectivity index (χ1v) is 12.3. The summed E-state index contributed by atoms with van der Waals surface area (Å²) >= 11 is 7.15. The molecule has 0 saturated heterocycles. The van der Waals surface area contributed by atoms with Crippen LogP contribution in [-0.4, -0.2) is 57.5 Å². The van der Waals surface area contributed by atoms with Crippen molar-refractivity contribution >= 4 is 50.9 Å². The number of nitrogens with zero attached hydrogens (tertiary/aromatic N) is 2. The van der Waals surface area contributed by atoms with Crippen molar-refractivity contribution in [2.75, 3.05) is 32.6 Å². The number of benzene rings is 2. The Morgan fingerprint density at radius 2 is 1.87 bits per heavy atom. The number of anilines is 1. The molecule has 166 valence electrons. The van der Waals surface area contributed by atoms with Gasteiger partial charge in [-0.1, -0.05) is 23.7 Å². The van der Waals surface area contributed by atoms with Gasteiger partial charge < -0.3 is 10.2 Å². The van der Waals surface area contributed by atoms with Gasteiger partial charge in [0.2, 0.25) is 21.8 Å². The minimum atomic E-state index is -3.60. The van der Waals surface area contributed by atoms with Crippen LogP contribution in [0, 0.1) is 0 Å². The van der Waals surface area contributed by atoms with Crippen LogP contribution in [0.25, 0.3) is 0 Å². The molecule has 1 N–H and O–H groups in total. The maximum absolute atomic E-state index is 12.8. The molecule has 0 radical (unpaired) electrons. The number of halogens is 1. The van der Waals surface area contributed by atoms with E-state index in [1.807, 2.05) is 12.1 Å². The van der Waals surface area contributed by atoms with Crippen LogP contribution in [0.2, 0.25) is 5.02 Å². The Hall–Kier alpha value is -2.07. The molecule has 7 nitrogen and oxygen atoms in total. The van der Waals surface area contributed by atoms with Crippen molar-refractivity contribution in [2.45, 2.75) is 27.9 Å². The van der Waals surface area contributed by atoms with Crippen LogP contribution in [-0.2, 0) is 26.0 Å². The van der Waals surface area contributed by atoms with Crippen LogP contribution in [0.4, 0.5) is 5.69 Å². The van der Waals surface area contributed by atoms with E-state index in [-0.39, 0.29) is 23.1 Å². The molecule has 0 spiro atoms. The standard InChI is InChI=1S/C21H24ClN3O4S2/c1-24(2)31(28,29)16-8-9-18-17(12-16)25(3)21(27)19(30-18)13-20(26)23-11-10-14-4-6-15(22)7-5-14/h4-9,12,19H,10-11,13H2,1-3H3,(H,23,26). The molecule has 0 aliphatic carbocycles. The normalized spacial score (nSPS) is 16.4. The molecule has 1 aliphatic rings. The highest BCUT2D eigenvalue weighted by Crippen LogP contribution is 2.41. The summed E-state index contributed by atoms with van der Waals surface area (Å²) in [5, 5.41) is 2.95. The minimum Gasteiger partial charge on any atom is -0.356 e. The molecule has 31 heavy (non-hydrogen) atoms. The predicted octanol–water partition coefficient (Wildman–Crippen LogP) is 2.78. The number of fused-ring (bicyclic) bond motifs is 1. The lowest BCUT2D eigenvalue weighted by atomic mass is 10.1. The molecular weight excluding hydrogens is 458 g/mol. The van der Waals surface area contributed by atoms with Crippen molar-refractivity contribution in [3.63, 3.8) is 0 Å². The zero-order valence-electron chi connectivity index (χ0n) is 17.5. The van der Waals surface area contributed by atoms with Crippen LogP contribution >= 0.6 is 23.4 Å². The smallest absolute Gasteiger partial charge is 0.242 e. The number of sulfonamides is 1. The second kappa shape index (κ2) is 9.60. The van der Waals surface area contributed by atoms with Gasteiger partial charge in [-0.15, -0.1) is 11.8 Å². The molecule has 0 fully saturated rings. The number of amides is 2. The molecule has 2 amide bonds. The SMILES string of the molecule is CN1C(=O)C(CC(=O)NCCc2ccc(Cl)cc2)Sc2ccc(S(=O)(=O)N(C)C)cc21. The molecule has 1 heterocycles. The monoisotopic (exact) mass is 481 g/mol. The van der Waals surface area contributed by atoms with E-state index >= 15 is 0 Å². The van der Waals surface area contributed by atoms with Gasteiger partial charge >= 0.3 is 0 Å². The van der Waals surface area contributed by atoms with Gasteiger partial charge in [-0.25, -0.2) is 12.7 Å². The molecule has 0 saturated carbocycles. The van der Waals surface area contributed by atoms with E-state index in [0.29, 0.717) is 23.7 Å². The van der Waals surface area contributed by atoms with Gasteiger partial charge in [0.15, 0.2) is 0 Å². The van der Waals surface area contributed by atoms with Gasteiger partial charge in [-0.3, -0.25) is 9.59 Å². The Morgan fingerprint density at radius 3 is 2.52 bits per heavy atom. The van der Waals surface area contributed by atoms with E-state index in [1.165, 1.54) is 42.9 Å². The number of carbonyl (C=O) groups is 2. The Bertz CT molecular complexity index is 1090. The van der Waals surface area contributed by atoms with Gasteiger partial charge in [-0.05, 0) is 42.3 Å². The molecule has 0 bridgehead atoms. The Kier molecular flexibility index (Phi) is 7.31. The molecule has 10 heteroatoms. The first kappa shape index (κ1) is 23.6. The third kappa shape index (κ3) is 5.41. The number of rotatable bonds is 7. The number of carbonyl (C=O) groups excluding carboxylic acids is 2. The summed E-state index contributed by atoms with van der Waals surface area (Å²) in [6, 6.07) is 12.1. The lowest BCUT2D eigenvalue weighted by Crippen LogP contribution is -2.41. The highest BCUT2D eigenvalue weighted by molar-refractivity contribution is 8.01. The van der Waals surface area contributed by atoms with Crippen molar-refractivity contribution < 1.29 is 18.0 Å². The van der Waals surface area contributed by atoms with E-state index < -0.39 is 15.3 Å². The largest absolute Gasteiger partial charge is 0.356 e. The van der Waals surface area contributed by atoms with Crippen LogP contribution in [0.5, 0.6) is 0 Å². The van der Waals surface area contributed by atoms with Crippen molar-refractivity contribution in [3.05, 3.63) is 53.1 Å². The summed E-state index contributed by atoms with van der Waals surface area (Å²) in [4.78, 5) is 27.5. The van der Waals surface area contributed by atoms with E-state index in [4.69, 9.17) is 11.6 Å². The quantitative estimate of drug-likeness (QED) is 0.657. The lowest BCUT2D eigenvalue weighted by Gasteiger charge is -2.31. The van der Waals surface area contributed by atoms with Gasteiger partial charge in [0.1, 0.15) is 0 Å². The number of nitrogens with one attached hydrogen (secondary N) is 1. The highest BCUT2D eigenvalue weighted by Gasteiger charge is 2.34. The summed E-state index contributed by atoms with van der Waals surface area (Å²) in [7, 11) is 0.907. The van der Waals surface area contributed by atoms with Gasteiger partial charge in [-0.2, -0.15) is 0 Å². The molecule has 1 atom stereocenters. The first-order chi connectivity index (χ1) is 14.6. The van der Waals surface area contributed by atoms with Crippen molar-refractivity contribution in [1.29, 1.82) is 0 Å². The fourth-order valence-corrected chi connectivity index (χ4v) is 5.45. The maximum Gasteiger partial charge on any atom is 0.242 e. The number of hydrogen-bond acceptors (Lipinski definition) is 5. The van der Waals surface area contributed by atoms with Crippen molar-refractivity contribution in [2.24, 2.45) is 0 Å². The maximum atomic E-state index is 12.8. The van der Waals surface area contributed by atoms with E-state index in [2.05, 4.69) is 5.32 Å². The zero-order chi connectivity index (χ0) is 22.8. The average Bonchev–Trinajstić information content (AvgIpc) is 2.73. The van der Waals surface area contributed by atoms with E-state index in [0.717, 1.165) is 14.8 Å². The topological polar surface area (TPSA) is 86.8 Å². The van der Waals surface area contributed by atoms with Gasteiger partial charge in [0, 0.05) is 44.0 Å². The number of thioether (sulfide) groups is 1. The molecule has 1 unspecified atom stereocenters. The summed E-state index contributed by atoms with van der Waals surface area (Å²) in [5.74, 6) is -0.437. The summed E-state index contributed by atoms with van der Waals surface area (Å²) in [5.41, 5.74) is 1.59. The molecule has 2 aromatic carbocycles. The minimum absolute atomic E-state index is 0.0473. The van der Waals surface area contributed by atoms with E-state index in [1.54, 1.807) is 25.2 Å². The Labute approximate surface area is 191 Å². The predicted molar refractivity (Wildman–Crippen MR) is 123 cm³/mol. The third-order valence-corrected chi connectivity index (χ3v) is 8.28. The molecule has 1 aliphatic heterocycles.